The van der Waals surface area contributed by atoms with Crippen molar-refractivity contribution >= 4 is 18.0 Å². The van der Waals surface area contributed by atoms with Crippen LogP contribution < -0.4 is 9.47 Å². The second kappa shape index (κ2) is 32.0. The third-order valence-corrected chi connectivity index (χ3v) is 9.39. The first-order chi connectivity index (χ1) is 25.2. The Bertz CT molecular complexity index is 1040. The lowest BCUT2D eigenvalue weighted by atomic mass is 10.0. The molecular formula is C43H76N2O7. The number of ether oxygens (including phenoxy) is 3. The summed E-state index contributed by atoms with van der Waals surface area (Å²) in [7, 11) is 5.46. The van der Waals surface area contributed by atoms with Crippen LogP contribution in [-0.2, 0) is 14.3 Å². The summed E-state index contributed by atoms with van der Waals surface area (Å²) in [6.07, 6.45) is 24.8. The third-order valence-electron chi connectivity index (χ3n) is 9.39. The Kier molecular flexibility index (Phi) is 29.3. The topological polar surface area (TPSA) is 109 Å². The minimum atomic E-state index is -0.455. The lowest BCUT2D eigenvalue weighted by molar-refractivity contribution is -0.138. The zero-order valence-electron chi connectivity index (χ0n) is 33.8. The fourth-order valence-corrected chi connectivity index (χ4v) is 6.32. The molecule has 0 heterocycles. The molecule has 0 aliphatic rings. The van der Waals surface area contributed by atoms with Crippen molar-refractivity contribution < 1.29 is 34.0 Å². The van der Waals surface area contributed by atoms with Crippen LogP contribution in [0.3, 0.4) is 0 Å². The summed E-state index contributed by atoms with van der Waals surface area (Å²) in [6, 6.07) is 5.13. The molecule has 9 nitrogen and oxygen atoms in total. The van der Waals surface area contributed by atoms with Crippen molar-refractivity contribution in [3.05, 3.63) is 29.8 Å². The normalized spacial score (nSPS) is 12.9. The molecule has 52 heavy (non-hydrogen) atoms. The molecule has 0 radical (unpaired) electrons. The van der Waals surface area contributed by atoms with E-state index in [1.54, 1.807) is 24.3 Å². The Morgan fingerprint density at radius 3 is 1.77 bits per heavy atom. The Morgan fingerprint density at radius 2 is 1.25 bits per heavy atom. The van der Waals surface area contributed by atoms with Gasteiger partial charge < -0.3 is 29.3 Å². The number of methoxy groups -OCH3 is 1. The van der Waals surface area contributed by atoms with Crippen LogP contribution in [0.1, 0.15) is 154 Å². The highest BCUT2D eigenvalue weighted by molar-refractivity contribution is 5.87. The molecule has 0 saturated heterocycles. The molecule has 0 saturated carbocycles. The van der Waals surface area contributed by atoms with Crippen LogP contribution in [0.4, 0.5) is 0 Å². The maximum absolute atomic E-state index is 12.9. The summed E-state index contributed by atoms with van der Waals surface area (Å²) < 4.78 is 16.4. The van der Waals surface area contributed by atoms with Gasteiger partial charge in [0.05, 0.1) is 25.9 Å². The molecule has 0 aliphatic carbocycles. The Labute approximate surface area is 317 Å². The number of aliphatic hydroxyl groups excluding tert-OH is 2. The van der Waals surface area contributed by atoms with Crippen LogP contribution in [0.25, 0.3) is 6.08 Å². The number of rotatable bonds is 34. The zero-order chi connectivity index (χ0) is 38.2. The molecule has 0 aromatic heterocycles. The van der Waals surface area contributed by atoms with Gasteiger partial charge in [-0.25, -0.2) is 4.79 Å². The standard InChI is InChI=1S/C43H76N2O7/c1-6-8-10-12-14-16-18-20-24-38(46)35-45(36-39(47)25-21-19-17-15-13-11-9-7-2)32-22-26-43(49)52-40-29-27-37(34-41(40)50-5)28-30-42(48)51-33-23-31-44(3)4/h27-30,34,38-39,46-47H,6-26,31-33,35-36H2,1-5H3/b30-28+. The summed E-state index contributed by atoms with van der Waals surface area (Å²) >= 11 is 0. The number of unbranched alkanes of at least 4 members (excludes halogenated alkanes) is 14. The zero-order valence-corrected chi connectivity index (χ0v) is 33.8. The summed E-state index contributed by atoms with van der Waals surface area (Å²) in [6.45, 7) is 7.25. The van der Waals surface area contributed by atoms with Crippen LogP contribution in [0.2, 0.25) is 0 Å². The van der Waals surface area contributed by atoms with Crippen molar-refractivity contribution in [2.75, 3.05) is 54.0 Å². The minimum Gasteiger partial charge on any atom is -0.493 e. The third kappa shape index (κ3) is 26.3. The molecule has 2 N–H and O–H groups in total. The lowest BCUT2D eigenvalue weighted by Crippen LogP contribution is -2.39. The van der Waals surface area contributed by atoms with Gasteiger partial charge in [0.2, 0.25) is 0 Å². The molecule has 300 valence electrons. The highest BCUT2D eigenvalue weighted by Gasteiger charge is 2.17. The number of aliphatic hydroxyl groups is 2. The summed E-state index contributed by atoms with van der Waals surface area (Å²) in [5.41, 5.74) is 0.716. The van der Waals surface area contributed by atoms with Gasteiger partial charge in [-0.3, -0.25) is 9.69 Å². The number of hydrogen-bond donors (Lipinski definition) is 2. The Hall–Kier alpha value is -2.46. The average molecular weight is 733 g/mol. The van der Waals surface area contributed by atoms with E-state index in [9.17, 15) is 19.8 Å². The lowest BCUT2D eigenvalue weighted by Gasteiger charge is -2.27. The summed E-state index contributed by atoms with van der Waals surface area (Å²) in [4.78, 5) is 29.1. The van der Waals surface area contributed by atoms with Gasteiger partial charge in [-0.2, -0.15) is 0 Å². The molecule has 9 heteroatoms. The van der Waals surface area contributed by atoms with Crippen molar-refractivity contribution in [1.29, 1.82) is 0 Å². The van der Waals surface area contributed by atoms with E-state index in [4.69, 9.17) is 14.2 Å². The van der Waals surface area contributed by atoms with Gasteiger partial charge in [-0.15, -0.1) is 0 Å². The van der Waals surface area contributed by atoms with E-state index >= 15 is 0 Å². The molecule has 2 atom stereocenters. The van der Waals surface area contributed by atoms with E-state index in [1.807, 2.05) is 19.0 Å². The van der Waals surface area contributed by atoms with Crippen molar-refractivity contribution in [3.8, 4) is 11.5 Å². The first-order valence-electron chi connectivity index (χ1n) is 20.6. The number of carbonyl (C=O) groups excluding carboxylic acids is 2. The van der Waals surface area contributed by atoms with Gasteiger partial charge in [0.25, 0.3) is 0 Å². The Balaban J connectivity index is 2.61. The summed E-state index contributed by atoms with van der Waals surface area (Å²) in [5, 5.41) is 21.8. The van der Waals surface area contributed by atoms with E-state index in [-0.39, 0.29) is 12.4 Å². The minimum absolute atomic E-state index is 0.198. The molecule has 1 aromatic rings. The number of esters is 2. The highest BCUT2D eigenvalue weighted by atomic mass is 16.6. The van der Waals surface area contributed by atoms with Crippen LogP contribution in [-0.4, -0.2) is 98.2 Å². The van der Waals surface area contributed by atoms with Crippen molar-refractivity contribution in [2.24, 2.45) is 0 Å². The van der Waals surface area contributed by atoms with E-state index in [1.165, 1.54) is 90.2 Å². The second-order valence-electron chi connectivity index (χ2n) is 14.7. The van der Waals surface area contributed by atoms with E-state index in [0.717, 1.165) is 51.5 Å². The van der Waals surface area contributed by atoms with Gasteiger partial charge in [-0.1, -0.05) is 123 Å². The van der Waals surface area contributed by atoms with Gasteiger partial charge in [-0.05, 0) is 70.1 Å². The summed E-state index contributed by atoms with van der Waals surface area (Å²) in [5.74, 6) is -0.0792. The predicted molar refractivity (Wildman–Crippen MR) is 214 cm³/mol. The van der Waals surface area contributed by atoms with Crippen LogP contribution in [0.5, 0.6) is 11.5 Å². The van der Waals surface area contributed by atoms with E-state index in [0.29, 0.717) is 49.7 Å². The monoisotopic (exact) mass is 733 g/mol. The largest absolute Gasteiger partial charge is 0.493 e. The van der Waals surface area contributed by atoms with Crippen molar-refractivity contribution in [1.82, 2.24) is 9.80 Å². The maximum atomic E-state index is 12.9. The Morgan fingerprint density at radius 1 is 0.712 bits per heavy atom. The van der Waals surface area contributed by atoms with Crippen LogP contribution in [0, 0.1) is 0 Å². The van der Waals surface area contributed by atoms with Gasteiger partial charge in [0, 0.05) is 32.1 Å². The van der Waals surface area contributed by atoms with Gasteiger partial charge in [0.1, 0.15) is 0 Å². The molecule has 1 aromatic carbocycles. The molecule has 0 amide bonds. The first kappa shape index (κ1) is 47.6. The highest BCUT2D eigenvalue weighted by Crippen LogP contribution is 2.29. The van der Waals surface area contributed by atoms with Crippen molar-refractivity contribution in [2.45, 2.75) is 161 Å². The van der Waals surface area contributed by atoms with E-state index < -0.39 is 18.2 Å². The van der Waals surface area contributed by atoms with Crippen molar-refractivity contribution in [3.63, 3.8) is 0 Å². The number of hydrogen-bond acceptors (Lipinski definition) is 9. The average Bonchev–Trinajstić information content (AvgIpc) is 3.11. The van der Waals surface area contributed by atoms with E-state index in [2.05, 4.69) is 18.7 Å². The predicted octanol–water partition coefficient (Wildman–Crippen LogP) is 8.97. The number of carbonyl (C=O) groups is 2. The molecular weight excluding hydrogens is 656 g/mol. The van der Waals surface area contributed by atoms with Gasteiger partial charge in [0.15, 0.2) is 11.5 Å². The molecule has 0 aliphatic heterocycles. The smallest absolute Gasteiger partial charge is 0.330 e. The maximum Gasteiger partial charge on any atom is 0.330 e. The fraction of sp³-hybridized carbons (Fsp3) is 0.767. The molecule has 0 fully saturated rings. The molecule has 2 unspecified atom stereocenters. The van der Waals surface area contributed by atoms with Crippen LogP contribution >= 0.6 is 0 Å². The SMILES string of the molecule is CCCCCCCCCCC(O)CN(CCCC(=O)Oc1ccc(/C=C/C(=O)OCCCN(C)C)cc1OC)CC(O)CCCCCCCCCC. The quantitative estimate of drug-likeness (QED) is 0.0311. The fourth-order valence-electron chi connectivity index (χ4n) is 6.32. The first-order valence-corrected chi connectivity index (χ1v) is 20.6. The van der Waals surface area contributed by atoms with Crippen LogP contribution in [0.15, 0.2) is 24.3 Å². The number of benzene rings is 1. The number of nitrogens with zero attached hydrogens (tertiary/aromatic N) is 2. The van der Waals surface area contributed by atoms with Gasteiger partial charge >= 0.3 is 11.9 Å². The molecule has 0 spiro atoms. The molecule has 1 rings (SSSR count). The molecule has 0 bridgehead atoms. The second-order valence-corrected chi connectivity index (χ2v) is 14.7.